The molecule has 5 heteroatoms. The van der Waals surface area contributed by atoms with Gasteiger partial charge in [0.25, 0.3) is 0 Å². The van der Waals surface area contributed by atoms with Crippen LogP contribution in [0.5, 0.6) is 5.75 Å². The molecule has 1 aromatic rings. The SMILES string of the molecule is CCOC(=O)Cc1coc(=O)cc1OC. The van der Waals surface area contributed by atoms with Crippen molar-refractivity contribution in [2.24, 2.45) is 0 Å². The molecule has 0 saturated carbocycles. The van der Waals surface area contributed by atoms with E-state index in [0.717, 1.165) is 0 Å². The van der Waals surface area contributed by atoms with E-state index in [1.54, 1.807) is 6.92 Å². The molecule has 0 spiro atoms. The molecule has 0 atom stereocenters. The molecule has 5 nitrogen and oxygen atoms in total. The minimum Gasteiger partial charge on any atom is -0.496 e. The molecular formula is C10H12O5. The van der Waals surface area contributed by atoms with Crippen molar-refractivity contribution >= 4 is 5.97 Å². The first-order valence-electron chi connectivity index (χ1n) is 4.48. The maximum absolute atomic E-state index is 11.2. The molecule has 82 valence electrons. The lowest BCUT2D eigenvalue weighted by molar-refractivity contribution is -0.142. The van der Waals surface area contributed by atoms with Crippen LogP contribution in [0.2, 0.25) is 0 Å². The predicted molar refractivity (Wildman–Crippen MR) is 51.9 cm³/mol. The lowest BCUT2D eigenvalue weighted by Crippen LogP contribution is -2.10. The summed E-state index contributed by atoms with van der Waals surface area (Å²) in [6.07, 6.45) is 1.23. The maximum atomic E-state index is 11.2. The molecule has 0 saturated heterocycles. The minimum atomic E-state index is -0.514. The van der Waals surface area contributed by atoms with Gasteiger partial charge in [-0.15, -0.1) is 0 Å². The van der Waals surface area contributed by atoms with Crippen LogP contribution in [0.15, 0.2) is 21.5 Å². The van der Waals surface area contributed by atoms with Gasteiger partial charge in [-0.2, -0.15) is 0 Å². The highest BCUT2D eigenvalue weighted by atomic mass is 16.5. The second kappa shape index (κ2) is 5.19. The Morgan fingerprint density at radius 1 is 1.53 bits per heavy atom. The van der Waals surface area contributed by atoms with Crippen LogP contribution in [-0.2, 0) is 16.0 Å². The largest absolute Gasteiger partial charge is 0.496 e. The molecule has 1 heterocycles. The summed E-state index contributed by atoms with van der Waals surface area (Å²) in [5, 5.41) is 0. The smallest absolute Gasteiger partial charge is 0.339 e. The van der Waals surface area contributed by atoms with E-state index in [-0.39, 0.29) is 12.4 Å². The summed E-state index contributed by atoms with van der Waals surface area (Å²) in [6, 6.07) is 1.19. The average molecular weight is 212 g/mol. The number of methoxy groups -OCH3 is 1. The van der Waals surface area contributed by atoms with Crippen molar-refractivity contribution in [3.63, 3.8) is 0 Å². The highest BCUT2D eigenvalue weighted by molar-refractivity contribution is 5.73. The Morgan fingerprint density at radius 2 is 2.27 bits per heavy atom. The molecule has 0 aromatic carbocycles. The van der Waals surface area contributed by atoms with E-state index in [4.69, 9.17) is 9.47 Å². The van der Waals surface area contributed by atoms with Crippen LogP contribution in [-0.4, -0.2) is 19.7 Å². The minimum absolute atomic E-state index is 0.0286. The van der Waals surface area contributed by atoms with E-state index >= 15 is 0 Å². The van der Waals surface area contributed by atoms with Gasteiger partial charge < -0.3 is 13.9 Å². The molecule has 15 heavy (non-hydrogen) atoms. The topological polar surface area (TPSA) is 65.7 Å². The van der Waals surface area contributed by atoms with Crippen molar-refractivity contribution in [1.82, 2.24) is 0 Å². The third-order valence-corrected chi connectivity index (χ3v) is 1.74. The first kappa shape index (κ1) is 11.3. The van der Waals surface area contributed by atoms with Crippen LogP contribution < -0.4 is 10.4 Å². The molecule has 0 aliphatic rings. The lowest BCUT2D eigenvalue weighted by atomic mass is 10.2. The van der Waals surface area contributed by atoms with Crippen molar-refractivity contribution in [2.75, 3.05) is 13.7 Å². The average Bonchev–Trinajstić information content (AvgIpc) is 2.21. The van der Waals surface area contributed by atoms with Gasteiger partial charge in [0.15, 0.2) is 0 Å². The Bertz CT molecular complexity index is 393. The zero-order chi connectivity index (χ0) is 11.3. The molecule has 0 radical (unpaired) electrons. The van der Waals surface area contributed by atoms with Gasteiger partial charge in [0.1, 0.15) is 12.0 Å². The van der Waals surface area contributed by atoms with Gasteiger partial charge in [-0.05, 0) is 6.92 Å². The standard InChI is InChI=1S/C10H12O5/c1-3-14-9(11)4-7-6-15-10(12)5-8(7)13-2/h5-6H,3-4H2,1-2H3. The summed E-state index contributed by atoms with van der Waals surface area (Å²) in [6.45, 7) is 2.04. The molecular weight excluding hydrogens is 200 g/mol. The van der Waals surface area contributed by atoms with Gasteiger partial charge in [0.05, 0.1) is 26.2 Å². The molecule has 0 unspecified atom stereocenters. The van der Waals surface area contributed by atoms with E-state index in [0.29, 0.717) is 17.9 Å². The number of carbonyl (C=O) groups excluding carboxylic acids is 1. The number of hydrogen-bond acceptors (Lipinski definition) is 5. The van der Waals surface area contributed by atoms with E-state index in [1.165, 1.54) is 19.4 Å². The first-order chi connectivity index (χ1) is 7.17. The Morgan fingerprint density at radius 3 is 2.87 bits per heavy atom. The number of hydrogen-bond donors (Lipinski definition) is 0. The Hall–Kier alpha value is -1.78. The Kier molecular flexibility index (Phi) is 3.91. The normalized spacial score (nSPS) is 9.73. The Labute approximate surface area is 86.6 Å². The molecule has 1 aromatic heterocycles. The van der Waals surface area contributed by atoms with Crippen molar-refractivity contribution in [3.05, 3.63) is 28.3 Å². The predicted octanol–water partition coefficient (Wildman–Crippen LogP) is 0.754. The molecule has 0 aliphatic heterocycles. The lowest BCUT2D eigenvalue weighted by Gasteiger charge is -2.05. The van der Waals surface area contributed by atoms with E-state index in [9.17, 15) is 9.59 Å². The summed E-state index contributed by atoms with van der Waals surface area (Å²) in [5.41, 5.74) is -0.0185. The second-order valence-corrected chi connectivity index (χ2v) is 2.77. The molecule has 0 bridgehead atoms. The summed E-state index contributed by atoms with van der Waals surface area (Å²) in [5.74, 6) is -0.0519. The van der Waals surface area contributed by atoms with Gasteiger partial charge >= 0.3 is 11.6 Å². The zero-order valence-corrected chi connectivity index (χ0v) is 8.61. The molecule has 0 amide bonds. The van der Waals surface area contributed by atoms with Crippen molar-refractivity contribution in [3.8, 4) is 5.75 Å². The fourth-order valence-corrected chi connectivity index (χ4v) is 1.11. The zero-order valence-electron chi connectivity index (χ0n) is 8.61. The summed E-state index contributed by atoms with van der Waals surface area (Å²) < 4.78 is 14.3. The molecule has 0 aliphatic carbocycles. The fraction of sp³-hybridized carbons (Fsp3) is 0.400. The molecule has 0 N–H and O–H groups in total. The van der Waals surface area contributed by atoms with Gasteiger partial charge in [-0.25, -0.2) is 4.79 Å². The van der Waals surface area contributed by atoms with Crippen molar-refractivity contribution < 1.29 is 18.7 Å². The molecule has 1 rings (SSSR count). The van der Waals surface area contributed by atoms with Gasteiger partial charge in [-0.3, -0.25) is 4.79 Å². The van der Waals surface area contributed by atoms with Gasteiger partial charge in [0.2, 0.25) is 0 Å². The van der Waals surface area contributed by atoms with E-state index < -0.39 is 5.63 Å². The van der Waals surface area contributed by atoms with Crippen molar-refractivity contribution in [2.45, 2.75) is 13.3 Å². The van der Waals surface area contributed by atoms with Crippen LogP contribution in [0.3, 0.4) is 0 Å². The van der Waals surface area contributed by atoms with Crippen LogP contribution in [0.25, 0.3) is 0 Å². The fourth-order valence-electron chi connectivity index (χ4n) is 1.11. The van der Waals surface area contributed by atoms with E-state index in [2.05, 4.69) is 4.42 Å². The highest BCUT2D eigenvalue weighted by Crippen LogP contribution is 2.15. The summed E-state index contributed by atoms with van der Waals surface area (Å²) >= 11 is 0. The Balaban J connectivity index is 2.84. The molecule has 0 fully saturated rings. The maximum Gasteiger partial charge on any atom is 0.339 e. The van der Waals surface area contributed by atoms with Crippen molar-refractivity contribution in [1.29, 1.82) is 0 Å². The number of carbonyl (C=O) groups is 1. The van der Waals surface area contributed by atoms with Crippen LogP contribution in [0, 0.1) is 0 Å². The van der Waals surface area contributed by atoms with Gasteiger partial charge in [-0.1, -0.05) is 0 Å². The number of rotatable bonds is 4. The summed E-state index contributed by atoms with van der Waals surface area (Å²) in [7, 11) is 1.42. The van der Waals surface area contributed by atoms with E-state index in [1.807, 2.05) is 0 Å². The highest BCUT2D eigenvalue weighted by Gasteiger charge is 2.10. The van der Waals surface area contributed by atoms with Crippen LogP contribution in [0.1, 0.15) is 12.5 Å². The third kappa shape index (κ3) is 3.12. The number of esters is 1. The number of ether oxygens (including phenoxy) is 2. The quantitative estimate of drug-likeness (QED) is 0.689. The third-order valence-electron chi connectivity index (χ3n) is 1.74. The first-order valence-corrected chi connectivity index (χ1v) is 4.48. The van der Waals surface area contributed by atoms with Gasteiger partial charge in [0, 0.05) is 5.56 Å². The monoisotopic (exact) mass is 212 g/mol. The summed E-state index contributed by atoms with van der Waals surface area (Å²) in [4.78, 5) is 22.0. The van der Waals surface area contributed by atoms with Crippen LogP contribution >= 0.6 is 0 Å². The van der Waals surface area contributed by atoms with Crippen LogP contribution in [0.4, 0.5) is 0 Å². The second-order valence-electron chi connectivity index (χ2n) is 2.77.